The summed E-state index contributed by atoms with van der Waals surface area (Å²) in [5, 5.41) is 4.14. The highest BCUT2D eigenvalue weighted by Crippen LogP contribution is 2.34. The summed E-state index contributed by atoms with van der Waals surface area (Å²) in [5.74, 6) is -0.0203. The van der Waals surface area contributed by atoms with Crippen molar-refractivity contribution in [1.82, 2.24) is 14.5 Å². The quantitative estimate of drug-likeness (QED) is 0.177. The number of fused-ring (bicyclic) bond motifs is 1. The van der Waals surface area contributed by atoms with Crippen LogP contribution in [0.1, 0.15) is 16.7 Å². The molecule has 0 bridgehead atoms. The molecule has 0 aliphatic rings. The molecule has 1 N–H and O–H groups in total. The van der Waals surface area contributed by atoms with Crippen molar-refractivity contribution in [1.29, 1.82) is 0 Å². The number of hydrogen-bond donors (Lipinski definition) is 1. The monoisotopic (exact) mass is 517 g/mol. The van der Waals surface area contributed by atoms with Crippen LogP contribution in [0.25, 0.3) is 16.7 Å². The molecule has 5 nitrogen and oxygen atoms in total. The van der Waals surface area contributed by atoms with E-state index >= 15 is 0 Å². The van der Waals surface area contributed by atoms with Crippen molar-refractivity contribution in [2.75, 3.05) is 5.43 Å². The number of hydrogen-bond acceptors (Lipinski definition) is 4. The van der Waals surface area contributed by atoms with Crippen molar-refractivity contribution in [2.45, 2.75) is 12.4 Å². The van der Waals surface area contributed by atoms with Gasteiger partial charge in [0.2, 0.25) is 0 Å². The van der Waals surface area contributed by atoms with Gasteiger partial charge in [-0.2, -0.15) is 31.4 Å². The van der Waals surface area contributed by atoms with Crippen LogP contribution in [0.5, 0.6) is 0 Å². The molecule has 3 heterocycles. The Labute approximate surface area is 197 Å². The summed E-state index contributed by atoms with van der Waals surface area (Å²) in [7, 11) is 0. The van der Waals surface area contributed by atoms with Crippen LogP contribution in [0.4, 0.5) is 32.2 Å². The van der Waals surface area contributed by atoms with E-state index in [-0.39, 0.29) is 21.7 Å². The molecule has 0 amide bonds. The van der Waals surface area contributed by atoms with E-state index < -0.39 is 23.5 Å². The summed E-state index contributed by atoms with van der Waals surface area (Å²) in [4.78, 5) is 7.51. The average molecular weight is 518 g/mol. The number of halogens is 8. The SMILES string of the molecule is FC(F)(F)c1cnc(NN=Cc2cn(-c3ncc(C(F)(F)F)cc3Cl)c3ccccc23)c(Cl)c1. The van der Waals surface area contributed by atoms with Gasteiger partial charge < -0.3 is 0 Å². The molecule has 0 unspecified atom stereocenters. The minimum Gasteiger partial charge on any atom is -0.299 e. The molecule has 4 rings (SSSR count). The van der Waals surface area contributed by atoms with Gasteiger partial charge in [-0.3, -0.25) is 9.99 Å². The predicted molar refractivity (Wildman–Crippen MR) is 117 cm³/mol. The third-order valence-corrected chi connectivity index (χ3v) is 5.23. The Hall–Kier alpha value is -3.31. The number of pyridine rings is 2. The average Bonchev–Trinajstić information content (AvgIpc) is 3.12. The van der Waals surface area contributed by atoms with Gasteiger partial charge in [-0.25, -0.2) is 9.97 Å². The fourth-order valence-electron chi connectivity index (χ4n) is 3.09. The molecule has 0 atom stereocenters. The van der Waals surface area contributed by atoms with Crippen molar-refractivity contribution in [3.05, 3.63) is 81.7 Å². The van der Waals surface area contributed by atoms with Crippen LogP contribution in [0.3, 0.4) is 0 Å². The van der Waals surface area contributed by atoms with Crippen molar-refractivity contribution >= 4 is 46.1 Å². The van der Waals surface area contributed by atoms with Gasteiger partial charge in [-0.15, -0.1) is 0 Å². The zero-order chi connectivity index (χ0) is 24.7. The molecule has 0 aliphatic heterocycles. The van der Waals surface area contributed by atoms with Gasteiger partial charge >= 0.3 is 12.4 Å². The molecule has 4 aromatic rings. The van der Waals surface area contributed by atoms with Gasteiger partial charge in [0, 0.05) is 29.5 Å². The van der Waals surface area contributed by atoms with Crippen molar-refractivity contribution in [2.24, 2.45) is 5.10 Å². The number of nitrogens with zero attached hydrogens (tertiary/aromatic N) is 4. The molecule has 0 fully saturated rings. The summed E-state index contributed by atoms with van der Waals surface area (Å²) in [6, 6.07) is 8.43. The molecule has 3 aromatic heterocycles. The molecule has 176 valence electrons. The van der Waals surface area contributed by atoms with E-state index in [1.807, 2.05) is 0 Å². The number of para-hydroxylation sites is 1. The maximum absolute atomic E-state index is 12.9. The Morgan fingerprint density at radius 1 is 0.882 bits per heavy atom. The zero-order valence-corrected chi connectivity index (χ0v) is 18.1. The second-order valence-corrected chi connectivity index (χ2v) is 7.74. The topological polar surface area (TPSA) is 55.1 Å². The lowest BCUT2D eigenvalue weighted by atomic mass is 10.2. The predicted octanol–water partition coefficient (Wildman–Crippen LogP) is 7.21. The molecule has 0 saturated heterocycles. The Kier molecular flexibility index (Phi) is 6.17. The Balaban J connectivity index is 1.66. The highest BCUT2D eigenvalue weighted by atomic mass is 35.5. The van der Waals surface area contributed by atoms with E-state index in [4.69, 9.17) is 23.2 Å². The number of rotatable bonds is 4. The molecular weight excluding hydrogens is 507 g/mol. The second-order valence-electron chi connectivity index (χ2n) is 6.92. The number of nitrogens with one attached hydrogen (secondary N) is 1. The largest absolute Gasteiger partial charge is 0.417 e. The number of hydrazone groups is 1. The Morgan fingerprint density at radius 3 is 2.12 bits per heavy atom. The fourth-order valence-corrected chi connectivity index (χ4v) is 3.55. The van der Waals surface area contributed by atoms with Crippen LogP contribution in [-0.4, -0.2) is 20.7 Å². The first kappa shape index (κ1) is 23.8. The Bertz CT molecular complexity index is 1390. The summed E-state index contributed by atoms with van der Waals surface area (Å²) in [5.41, 5.74) is 1.59. The summed E-state index contributed by atoms with van der Waals surface area (Å²) >= 11 is 11.9. The van der Waals surface area contributed by atoms with Crippen LogP contribution in [0.2, 0.25) is 10.0 Å². The van der Waals surface area contributed by atoms with E-state index in [0.29, 0.717) is 28.9 Å². The molecular formula is C21H11Cl2F6N5. The first-order valence-corrected chi connectivity index (χ1v) is 10.1. The third-order valence-electron chi connectivity index (χ3n) is 4.66. The summed E-state index contributed by atoms with van der Waals surface area (Å²) in [6.45, 7) is 0. The maximum Gasteiger partial charge on any atom is 0.417 e. The number of benzene rings is 1. The highest BCUT2D eigenvalue weighted by molar-refractivity contribution is 6.33. The smallest absolute Gasteiger partial charge is 0.299 e. The van der Waals surface area contributed by atoms with Crippen molar-refractivity contribution in [3.63, 3.8) is 0 Å². The van der Waals surface area contributed by atoms with Gasteiger partial charge in [0.05, 0.1) is 32.9 Å². The summed E-state index contributed by atoms with van der Waals surface area (Å²) < 4.78 is 78.6. The van der Waals surface area contributed by atoms with Crippen LogP contribution in [0.15, 0.2) is 60.1 Å². The molecule has 0 radical (unpaired) electrons. The molecule has 0 spiro atoms. The minimum absolute atomic E-state index is 0.0749. The standard InChI is InChI=1S/C21H11Cl2F6N5/c22-15-5-12(20(24,25)26)8-30-18(15)33-32-7-11-10-34(17-4-2-1-3-14(11)17)19-16(23)6-13(9-31-19)21(27,28)29/h1-10H,(H,30,33). The normalized spacial score (nSPS) is 12.6. The van der Waals surface area contributed by atoms with Crippen LogP contribution in [0, 0.1) is 0 Å². The van der Waals surface area contributed by atoms with Crippen molar-refractivity contribution in [3.8, 4) is 5.82 Å². The zero-order valence-electron chi connectivity index (χ0n) is 16.6. The van der Waals surface area contributed by atoms with Crippen LogP contribution < -0.4 is 5.43 Å². The Morgan fingerprint density at radius 2 is 1.50 bits per heavy atom. The molecule has 0 saturated carbocycles. The molecule has 34 heavy (non-hydrogen) atoms. The fraction of sp³-hybridized carbons (Fsp3) is 0.0952. The lowest BCUT2D eigenvalue weighted by Crippen LogP contribution is -2.07. The number of aromatic nitrogens is 3. The van der Waals surface area contributed by atoms with E-state index in [1.54, 1.807) is 30.5 Å². The van der Waals surface area contributed by atoms with Crippen LogP contribution in [-0.2, 0) is 12.4 Å². The first-order chi connectivity index (χ1) is 15.9. The third kappa shape index (κ3) is 4.80. The van der Waals surface area contributed by atoms with E-state index in [9.17, 15) is 26.3 Å². The minimum atomic E-state index is -4.59. The van der Waals surface area contributed by atoms with Gasteiger partial charge in [0.25, 0.3) is 0 Å². The van der Waals surface area contributed by atoms with Gasteiger partial charge in [0.1, 0.15) is 0 Å². The summed E-state index contributed by atoms with van der Waals surface area (Å²) in [6.07, 6.45) is -4.97. The number of alkyl halides is 6. The van der Waals surface area contributed by atoms with Gasteiger partial charge in [-0.05, 0) is 18.2 Å². The van der Waals surface area contributed by atoms with Gasteiger partial charge in [0.15, 0.2) is 11.6 Å². The van der Waals surface area contributed by atoms with E-state index in [0.717, 1.165) is 12.1 Å². The lowest BCUT2D eigenvalue weighted by Gasteiger charge is -2.10. The van der Waals surface area contributed by atoms with E-state index in [2.05, 4.69) is 20.5 Å². The van der Waals surface area contributed by atoms with Crippen LogP contribution >= 0.6 is 23.2 Å². The highest BCUT2D eigenvalue weighted by Gasteiger charge is 2.32. The number of anilines is 1. The first-order valence-electron chi connectivity index (χ1n) is 9.30. The van der Waals surface area contributed by atoms with Gasteiger partial charge in [-0.1, -0.05) is 41.4 Å². The van der Waals surface area contributed by atoms with Crippen molar-refractivity contribution < 1.29 is 26.3 Å². The lowest BCUT2D eigenvalue weighted by molar-refractivity contribution is -0.138. The van der Waals surface area contributed by atoms with E-state index in [1.165, 1.54) is 10.8 Å². The molecule has 1 aromatic carbocycles. The maximum atomic E-state index is 12.9. The second kappa shape index (κ2) is 8.80. The molecule has 13 heteroatoms. The molecule has 0 aliphatic carbocycles.